The molecule has 0 aliphatic heterocycles. The van der Waals surface area contributed by atoms with Crippen LogP contribution in [-0.4, -0.2) is 17.2 Å². The molecule has 0 radical (unpaired) electrons. The van der Waals surface area contributed by atoms with E-state index in [-0.39, 0.29) is 5.82 Å². The second-order valence-corrected chi connectivity index (χ2v) is 2.33. The minimum Gasteiger partial charge on any atom is -0.424 e. The van der Waals surface area contributed by atoms with E-state index < -0.39 is 7.12 Å². The molecule has 0 bridgehead atoms. The largest absolute Gasteiger partial charge is 0.480 e. The molecule has 0 unspecified atom stereocenters. The third kappa shape index (κ3) is 2.86. The van der Waals surface area contributed by atoms with Crippen LogP contribution >= 0.6 is 0 Å². The number of benzene rings is 1. The first-order chi connectivity index (χ1) is 5.68. The molecule has 0 spiro atoms. The molecule has 0 saturated heterocycles. The van der Waals surface area contributed by atoms with Crippen LogP contribution in [0.3, 0.4) is 0 Å². The van der Waals surface area contributed by atoms with Crippen molar-refractivity contribution in [3.05, 3.63) is 41.6 Å². The van der Waals surface area contributed by atoms with Gasteiger partial charge in [0.05, 0.1) is 0 Å². The highest BCUT2D eigenvalue weighted by molar-refractivity contribution is 6.48. The van der Waals surface area contributed by atoms with Crippen LogP contribution in [0.4, 0.5) is 4.39 Å². The van der Waals surface area contributed by atoms with Crippen LogP contribution in [0.5, 0.6) is 0 Å². The van der Waals surface area contributed by atoms with Crippen LogP contribution in [0.25, 0.3) is 6.08 Å². The fraction of sp³-hybridized carbons (Fsp3) is 0. The van der Waals surface area contributed by atoms with Crippen LogP contribution < -0.4 is 0 Å². The summed E-state index contributed by atoms with van der Waals surface area (Å²) in [4.78, 5) is 0. The standard InChI is InChI=1S/C8H8BFO2/c10-8-3-1-2-7(6-8)4-5-9(11)12/h1-6,11-12H/b5-4+. The Bertz CT molecular complexity index is 286. The van der Waals surface area contributed by atoms with Gasteiger partial charge in [0.15, 0.2) is 0 Å². The Morgan fingerprint density at radius 3 is 2.67 bits per heavy atom. The molecule has 4 heteroatoms. The maximum atomic E-state index is 12.5. The first-order valence-corrected chi connectivity index (χ1v) is 3.48. The van der Waals surface area contributed by atoms with Crippen molar-refractivity contribution in [1.82, 2.24) is 0 Å². The summed E-state index contributed by atoms with van der Waals surface area (Å²) in [6.07, 6.45) is 1.44. The van der Waals surface area contributed by atoms with Crippen LogP contribution in [0.2, 0.25) is 0 Å². The topological polar surface area (TPSA) is 40.5 Å². The molecule has 0 saturated carbocycles. The molecule has 0 atom stereocenters. The summed E-state index contributed by atoms with van der Waals surface area (Å²) in [5.41, 5.74) is 0.600. The highest BCUT2D eigenvalue weighted by Gasteiger charge is 1.98. The Morgan fingerprint density at radius 1 is 1.33 bits per heavy atom. The Morgan fingerprint density at radius 2 is 2.08 bits per heavy atom. The number of halogens is 1. The summed E-state index contributed by atoms with van der Waals surface area (Å²) in [5, 5.41) is 16.9. The summed E-state index contributed by atoms with van der Waals surface area (Å²) in [6, 6.07) is 5.85. The molecule has 0 fully saturated rings. The zero-order valence-electron chi connectivity index (χ0n) is 6.31. The van der Waals surface area contributed by atoms with E-state index in [1.807, 2.05) is 0 Å². The zero-order valence-corrected chi connectivity index (χ0v) is 6.31. The van der Waals surface area contributed by atoms with Crippen molar-refractivity contribution in [3.63, 3.8) is 0 Å². The molecule has 2 nitrogen and oxygen atoms in total. The van der Waals surface area contributed by atoms with E-state index in [0.717, 1.165) is 5.98 Å². The Labute approximate surface area is 70.1 Å². The summed E-state index contributed by atoms with van der Waals surface area (Å²) in [7, 11) is -1.49. The normalized spacial score (nSPS) is 10.6. The van der Waals surface area contributed by atoms with Gasteiger partial charge in [0.25, 0.3) is 0 Å². The van der Waals surface area contributed by atoms with Crippen LogP contribution in [0.1, 0.15) is 5.56 Å². The number of hydrogen-bond donors (Lipinski definition) is 2. The molecule has 1 aromatic carbocycles. The van der Waals surface area contributed by atoms with E-state index in [0.29, 0.717) is 5.56 Å². The molecule has 1 rings (SSSR count). The molecule has 0 amide bonds. The second kappa shape index (κ2) is 4.04. The van der Waals surface area contributed by atoms with E-state index in [1.165, 1.54) is 18.2 Å². The smallest absolute Gasteiger partial charge is 0.424 e. The fourth-order valence-corrected chi connectivity index (χ4v) is 0.807. The lowest BCUT2D eigenvalue weighted by atomic mass is 9.91. The van der Waals surface area contributed by atoms with Crippen molar-refractivity contribution in [2.75, 3.05) is 0 Å². The van der Waals surface area contributed by atoms with E-state index in [1.54, 1.807) is 12.1 Å². The minimum absolute atomic E-state index is 0.343. The maximum Gasteiger partial charge on any atom is 0.480 e. The summed E-state index contributed by atoms with van der Waals surface area (Å²) >= 11 is 0. The summed E-state index contributed by atoms with van der Waals surface area (Å²) < 4.78 is 12.5. The molecule has 0 aromatic heterocycles. The highest BCUT2D eigenvalue weighted by Crippen LogP contribution is 2.04. The monoisotopic (exact) mass is 166 g/mol. The average molecular weight is 166 g/mol. The number of hydrogen-bond acceptors (Lipinski definition) is 2. The molecule has 0 aliphatic carbocycles. The van der Waals surface area contributed by atoms with Crippen molar-refractivity contribution in [1.29, 1.82) is 0 Å². The highest BCUT2D eigenvalue weighted by atomic mass is 19.1. The predicted octanol–water partition coefficient (Wildman–Crippen LogP) is 0.851. The van der Waals surface area contributed by atoms with Gasteiger partial charge in [-0.2, -0.15) is 0 Å². The second-order valence-electron chi connectivity index (χ2n) is 2.33. The Balaban J connectivity index is 2.76. The minimum atomic E-state index is -1.49. The Kier molecular flexibility index (Phi) is 3.02. The first-order valence-electron chi connectivity index (χ1n) is 3.48. The van der Waals surface area contributed by atoms with Gasteiger partial charge in [-0.15, -0.1) is 0 Å². The third-order valence-electron chi connectivity index (χ3n) is 1.31. The van der Waals surface area contributed by atoms with Crippen molar-refractivity contribution < 1.29 is 14.4 Å². The van der Waals surface area contributed by atoms with Crippen LogP contribution in [0, 0.1) is 5.82 Å². The van der Waals surface area contributed by atoms with Crippen LogP contribution in [0.15, 0.2) is 30.2 Å². The van der Waals surface area contributed by atoms with Gasteiger partial charge >= 0.3 is 7.12 Å². The van der Waals surface area contributed by atoms with Gasteiger partial charge in [0.2, 0.25) is 0 Å². The fourth-order valence-electron chi connectivity index (χ4n) is 0.807. The average Bonchev–Trinajstić information content (AvgIpc) is 2.01. The lowest BCUT2D eigenvalue weighted by Gasteiger charge is -1.92. The number of rotatable bonds is 2. The quantitative estimate of drug-likeness (QED) is 0.639. The molecule has 0 heterocycles. The van der Waals surface area contributed by atoms with Gasteiger partial charge < -0.3 is 10.0 Å². The van der Waals surface area contributed by atoms with Gasteiger partial charge in [-0.05, 0) is 17.7 Å². The van der Waals surface area contributed by atoms with Gasteiger partial charge in [-0.3, -0.25) is 0 Å². The first kappa shape index (κ1) is 8.97. The molecule has 1 aromatic rings. The van der Waals surface area contributed by atoms with Gasteiger partial charge in [0.1, 0.15) is 5.82 Å². The third-order valence-corrected chi connectivity index (χ3v) is 1.31. The zero-order chi connectivity index (χ0) is 8.97. The van der Waals surface area contributed by atoms with Gasteiger partial charge in [-0.1, -0.05) is 24.2 Å². The van der Waals surface area contributed by atoms with Crippen molar-refractivity contribution >= 4 is 13.2 Å². The molecule has 0 aliphatic rings. The summed E-state index contributed by atoms with van der Waals surface area (Å²) in [5.74, 6) is 0.818. The predicted molar refractivity (Wildman–Crippen MR) is 45.6 cm³/mol. The van der Waals surface area contributed by atoms with E-state index in [4.69, 9.17) is 10.0 Å². The molecule has 62 valence electrons. The molecule has 2 N–H and O–H groups in total. The lowest BCUT2D eigenvalue weighted by Crippen LogP contribution is -2.05. The SMILES string of the molecule is OB(O)/C=C/c1cccc(F)c1. The van der Waals surface area contributed by atoms with Crippen LogP contribution in [-0.2, 0) is 0 Å². The molecular weight excluding hydrogens is 158 g/mol. The summed E-state index contributed by atoms with van der Waals surface area (Å²) in [6.45, 7) is 0. The van der Waals surface area contributed by atoms with Crippen molar-refractivity contribution in [2.45, 2.75) is 0 Å². The lowest BCUT2D eigenvalue weighted by molar-refractivity contribution is 0.424. The van der Waals surface area contributed by atoms with E-state index >= 15 is 0 Å². The molecular formula is C8H8BFO2. The molecule has 12 heavy (non-hydrogen) atoms. The van der Waals surface area contributed by atoms with Crippen molar-refractivity contribution in [3.8, 4) is 0 Å². The van der Waals surface area contributed by atoms with Crippen molar-refractivity contribution in [2.24, 2.45) is 0 Å². The van der Waals surface area contributed by atoms with Gasteiger partial charge in [0, 0.05) is 0 Å². The van der Waals surface area contributed by atoms with Gasteiger partial charge in [-0.25, -0.2) is 4.39 Å². The van der Waals surface area contributed by atoms with E-state index in [2.05, 4.69) is 0 Å². The Hall–Kier alpha value is -1.13. The van der Waals surface area contributed by atoms with E-state index in [9.17, 15) is 4.39 Å². The maximum absolute atomic E-state index is 12.5.